The quantitative estimate of drug-likeness (QED) is 0.655. The van der Waals surface area contributed by atoms with Crippen molar-refractivity contribution in [1.82, 2.24) is 4.98 Å². The predicted octanol–water partition coefficient (Wildman–Crippen LogP) is 1.39. The van der Waals surface area contributed by atoms with Crippen LogP contribution in [-0.2, 0) is 6.61 Å². The summed E-state index contributed by atoms with van der Waals surface area (Å²) in [6.45, 7) is -0.755. The first kappa shape index (κ1) is 14.0. The molecule has 0 aliphatic rings. The Morgan fingerprint density at radius 1 is 1.50 bits per heavy atom. The van der Waals surface area contributed by atoms with Crippen LogP contribution in [-0.4, -0.2) is 28.5 Å². The lowest BCUT2D eigenvalue weighted by molar-refractivity contribution is -0.389. The van der Waals surface area contributed by atoms with Crippen LogP contribution in [0.4, 0.5) is 18.9 Å². The molecule has 0 aliphatic heterocycles. The molecule has 0 saturated heterocycles. The van der Waals surface area contributed by atoms with Gasteiger partial charge in [-0.2, -0.15) is 0 Å². The van der Waals surface area contributed by atoms with Gasteiger partial charge in [-0.3, -0.25) is 10.1 Å². The molecule has 10 heteroatoms. The molecule has 1 N–H and O–H groups in total. The maximum Gasteiger partial charge on any atom is 0.573 e. The van der Waals surface area contributed by atoms with Crippen LogP contribution in [0.2, 0.25) is 0 Å². The van der Waals surface area contributed by atoms with Crippen molar-refractivity contribution in [2.45, 2.75) is 13.0 Å². The molecule has 1 heterocycles. The van der Waals surface area contributed by atoms with E-state index >= 15 is 0 Å². The summed E-state index contributed by atoms with van der Waals surface area (Å²) in [7, 11) is 0.975. The molecule has 0 amide bonds. The number of aromatic nitrogens is 1. The van der Waals surface area contributed by atoms with E-state index in [4.69, 9.17) is 5.11 Å². The summed E-state index contributed by atoms with van der Waals surface area (Å²) < 4.78 is 44.6. The number of pyridine rings is 1. The number of alkyl halides is 3. The molecule has 0 saturated carbocycles. The van der Waals surface area contributed by atoms with Crippen molar-refractivity contribution in [3.05, 3.63) is 22.0 Å². The minimum absolute atomic E-state index is 0.303. The molecule has 0 atom stereocenters. The zero-order chi connectivity index (χ0) is 13.9. The number of hydrogen-bond donors (Lipinski definition) is 1. The Labute approximate surface area is 97.9 Å². The molecule has 100 valence electrons. The van der Waals surface area contributed by atoms with Gasteiger partial charge in [0, 0.05) is 0 Å². The SMILES string of the molecule is COc1c(CO)ncc([N+](=O)[O-])c1OC(F)(F)F. The molecule has 0 radical (unpaired) electrons. The predicted molar refractivity (Wildman–Crippen MR) is 50.0 cm³/mol. The third kappa shape index (κ3) is 2.97. The van der Waals surface area contributed by atoms with Gasteiger partial charge >= 0.3 is 12.0 Å². The van der Waals surface area contributed by atoms with E-state index in [0.717, 1.165) is 7.11 Å². The minimum Gasteiger partial charge on any atom is -0.491 e. The van der Waals surface area contributed by atoms with E-state index in [0.29, 0.717) is 6.20 Å². The van der Waals surface area contributed by atoms with Gasteiger partial charge in [0.25, 0.3) is 5.75 Å². The molecule has 1 rings (SSSR count). The average Bonchev–Trinajstić information content (AvgIpc) is 2.25. The van der Waals surface area contributed by atoms with Gasteiger partial charge in [0.2, 0.25) is 0 Å². The summed E-state index contributed by atoms with van der Waals surface area (Å²) in [5.74, 6) is -1.78. The van der Waals surface area contributed by atoms with Crippen LogP contribution in [0.5, 0.6) is 11.5 Å². The lowest BCUT2D eigenvalue weighted by Gasteiger charge is -2.13. The molecule has 7 nitrogen and oxygen atoms in total. The second-order valence-electron chi connectivity index (χ2n) is 2.92. The van der Waals surface area contributed by atoms with Gasteiger partial charge in [-0.25, -0.2) is 4.98 Å². The van der Waals surface area contributed by atoms with Gasteiger partial charge in [-0.15, -0.1) is 13.2 Å². The number of aliphatic hydroxyl groups excluding tert-OH is 1. The lowest BCUT2D eigenvalue weighted by Crippen LogP contribution is -2.19. The standard InChI is InChI=1S/C8H7F3N2O5/c1-17-6-4(3-14)12-2-5(13(15)16)7(6)18-8(9,10)11/h2,14H,3H2,1H3. The highest BCUT2D eigenvalue weighted by molar-refractivity contribution is 5.56. The third-order valence-electron chi connectivity index (χ3n) is 1.81. The molecule has 0 aliphatic carbocycles. The Morgan fingerprint density at radius 3 is 2.50 bits per heavy atom. The zero-order valence-corrected chi connectivity index (χ0v) is 8.89. The molecule has 0 bridgehead atoms. The smallest absolute Gasteiger partial charge is 0.491 e. The molecule has 1 aromatic heterocycles. The number of halogens is 3. The van der Waals surface area contributed by atoms with Crippen LogP contribution in [0.15, 0.2) is 6.20 Å². The Hall–Kier alpha value is -2.10. The number of hydrogen-bond acceptors (Lipinski definition) is 6. The van der Waals surface area contributed by atoms with Gasteiger partial charge in [-0.05, 0) is 0 Å². The Balaban J connectivity index is 3.43. The third-order valence-corrected chi connectivity index (χ3v) is 1.81. The van der Waals surface area contributed by atoms with Crippen molar-refractivity contribution >= 4 is 5.69 Å². The largest absolute Gasteiger partial charge is 0.573 e. The maximum atomic E-state index is 12.2. The topological polar surface area (TPSA) is 94.7 Å². The summed E-state index contributed by atoms with van der Waals surface area (Å²) in [5, 5.41) is 19.4. The van der Waals surface area contributed by atoms with Crippen molar-refractivity contribution in [1.29, 1.82) is 0 Å². The van der Waals surface area contributed by atoms with Crippen molar-refractivity contribution in [3.8, 4) is 11.5 Å². The van der Waals surface area contributed by atoms with Crippen LogP contribution in [0.25, 0.3) is 0 Å². The van der Waals surface area contributed by atoms with Crippen molar-refractivity contribution in [2.24, 2.45) is 0 Å². The average molecular weight is 268 g/mol. The molecule has 0 aromatic carbocycles. The minimum atomic E-state index is -5.13. The highest BCUT2D eigenvalue weighted by Gasteiger charge is 2.37. The molecule has 0 unspecified atom stereocenters. The van der Waals surface area contributed by atoms with Gasteiger partial charge < -0.3 is 14.6 Å². The summed E-state index contributed by atoms with van der Waals surface area (Å²) >= 11 is 0. The van der Waals surface area contributed by atoms with Crippen LogP contribution in [0.3, 0.4) is 0 Å². The number of methoxy groups -OCH3 is 1. The van der Waals surface area contributed by atoms with E-state index in [2.05, 4.69) is 14.5 Å². The molecule has 18 heavy (non-hydrogen) atoms. The number of aliphatic hydroxyl groups is 1. The Kier molecular flexibility index (Phi) is 3.91. The summed E-state index contributed by atoms with van der Waals surface area (Å²) in [4.78, 5) is 12.9. The Bertz CT molecular complexity index is 463. The summed E-state index contributed by atoms with van der Waals surface area (Å²) in [6.07, 6.45) is -4.58. The second kappa shape index (κ2) is 5.04. The molecule has 0 spiro atoms. The second-order valence-corrected chi connectivity index (χ2v) is 2.92. The monoisotopic (exact) mass is 268 g/mol. The lowest BCUT2D eigenvalue weighted by atomic mass is 10.3. The first-order valence-electron chi connectivity index (χ1n) is 4.37. The van der Waals surface area contributed by atoms with Crippen molar-refractivity contribution in [2.75, 3.05) is 7.11 Å². The number of nitrogens with zero attached hydrogens (tertiary/aromatic N) is 2. The van der Waals surface area contributed by atoms with Crippen LogP contribution in [0, 0.1) is 10.1 Å². The first-order chi connectivity index (χ1) is 8.30. The fourth-order valence-corrected chi connectivity index (χ4v) is 1.17. The van der Waals surface area contributed by atoms with E-state index < -0.39 is 35.1 Å². The van der Waals surface area contributed by atoms with Gasteiger partial charge in [0.05, 0.1) is 18.6 Å². The van der Waals surface area contributed by atoms with Crippen LogP contribution < -0.4 is 9.47 Å². The zero-order valence-electron chi connectivity index (χ0n) is 8.89. The fraction of sp³-hybridized carbons (Fsp3) is 0.375. The van der Waals surface area contributed by atoms with Gasteiger partial charge in [-0.1, -0.05) is 0 Å². The first-order valence-corrected chi connectivity index (χ1v) is 4.37. The highest BCUT2D eigenvalue weighted by Crippen LogP contribution is 2.41. The summed E-state index contributed by atoms with van der Waals surface area (Å²) in [5.41, 5.74) is -1.32. The number of ether oxygens (including phenoxy) is 2. The normalized spacial score (nSPS) is 11.2. The molecule has 0 fully saturated rings. The number of nitro groups is 1. The van der Waals surface area contributed by atoms with E-state index in [-0.39, 0.29) is 5.69 Å². The van der Waals surface area contributed by atoms with Gasteiger partial charge in [0.15, 0.2) is 5.75 Å². The molecular weight excluding hydrogens is 261 g/mol. The summed E-state index contributed by atoms with van der Waals surface area (Å²) in [6, 6.07) is 0. The van der Waals surface area contributed by atoms with Crippen molar-refractivity contribution < 1.29 is 32.7 Å². The van der Waals surface area contributed by atoms with E-state index in [9.17, 15) is 23.3 Å². The molecule has 1 aromatic rings. The van der Waals surface area contributed by atoms with E-state index in [1.807, 2.05) is 0 Å². The maximum absolute atomic E-state index is 12.2. The Morgan fingerprint density at radius 2 is 2.11 bits per heavy atom. The highest BCUT2D eigenvalue weighted by atomic mass is 19.4. The fourth-order valence-electron chi connectivity index (χ4n) is 1.17. The van der Waals surface area contributed by atoms with E-state index in [1.54, 1.807) is 0 Å². The molecular formula is C8H7F3N2O5. The van der Waals surface area contributed by atoms with Crippen LogP contribution >= 0.6 is 0 Å². The van der Waals surface area contributed by atoms with Crippen molar-refractivity contribution in [3.63, 3.8) is 0 Å². The van der Waals surface area contributed by atoms with E-state index in [1.165, 1.54) is 0 Å². The van der Waals surface area contributed by atoms with Gasteiger partial charge in [0.1, 0.15) is 11.9 Å². The number of rotatable bonds is 4. The van der Waals surface area contributed by atoms with Crippen LogP contribution in [0.1, 0.15) is 5.69 Å².